The van der Waals surface area contributed by atoms with Crippen LogP contribution in [-0.4, -0.2) is 11.0 Å². The fraction of sp³-hybridized carbons (Fsp3) is 1.00. The molecule has 0 aromatic heterocycles. The average Bonchev–Trinajstić information content (AvgIpc) is 2.89. The lowest BCUT2D eigenvalue weighted by atomic mass is 10.2. The van der Waals surface area contributed by atoms with Crippen LogP contribution in [-0.2, 0) is 0 Å². The molecule has 2 aliphatic carbocycles. The first-order valence-electron chi connectivity index (χ1n) is 5.20. The van der Waals surface area contributed by atoms with E-state index in [1.807, 2.05) is 6.92 Å². The Balaban J connectivity index is 1.86. The summed E-state index contributed by atoms with van der Waals surface area (Å²) in [6.45, 7) is 4.12. The number of halogens is 1. The summed E-state index contributed by atoms with van der Waals surface area (Å²) in [4.78, 5) is -0.414. The molecule has 2 aliphatic rings. The lowest BCUT2D eigenvalue weighted by Crippen LogP contribution is -2.16. The zero-order valence-electron chi connectivity index (χ0n) is 8.33. The summed E-state index contributed by atoms with van der Waals surface area (Å²) in [5.74, 6) is 1.36. The zero-order chi connectivity index (χ0) is 9.47. The predicted octanol–water partition coefficient (Wildman–Crippen LogP) is 3.60. The maximum absolute atomic E-state index is 6.24. The van der Waals surface area contributed by atoms with E-state index in [9.17, 15) is 0 Å². The van der Waals surface area contributed by atoms with Gasteiger partial charge in [0, 0.05) is 0 Å². The van der Waals surface area contributed by atoms with Crippen LogP contribution in [0.15, 0.2) is 10.2 Å². The van der Waals surface area contributed by atoms with Crippen molar-refractivity contribution in [3.8, 4) is 0 Å². The van der Waals surface area contributed by atoms with Crippen molar-refractivity contribution in [3.63, 3.8) is 0 Å². The lowest BCUT2D eigenvalue weighted by molar-refractivity contribution is 0.505. The molecule has 3 heteroatoms. The highest BCUT2D eigenvalue weighted by atomic mass is 35.5. The van der Waals surface area contributed by atoms with E-state index in [0.717, 1.165) is 5.92 Å². The summed E-state index contributed by atoms with van der Waals surface area (Å²) in [5.41, 5.74) is 0. The van der Waals surface area contributed by atoms with Gasteiger partial charge in [0.15, 0.2) is 5.00 Å². The Morgan fingerprint density at radius 1 is 1.31 bits per heavy atom. The molecule has 0 radical (unpaired) electrons. The van der Waals surface area contributed by atoms with Crippen LogP contribution in [0.5, 0.6) is 0 Å². The van der Waals surface area contributed by atoms with Crippen LogP contribution in [0, 0.1) is 11.8 Å². The minimum atomic E-state index is -0.414. The second-order valence-electron chi connectivity index (χ2n) is 4.59. The van der Waals surface area contributed by atoms with Gasteiger partial charge in [0.1, 0.15) is 0 Å². The molecule has 0 bridgehead atoms. The van der Waals surface area contributed by atoms with Crippen molar-refractivity contribution in [3.05, 3.63) is 0 Å². The van der Waals surface area contributed by atoms with Crippen LogP contribution in [0.2, 0.25) is 0 Å². The Hall–Kier alpha value is -0.110. The lowest BCUT2D eigenvalue weighted by Gasteiger charge is -2.14. The molecule has 0 saturated heterocycles. The van der Waals surface area contributed by atoms with Gasteiger partial charge in [-0.05, 0) is 51.4 Å². The third-order valence-corrected chi connectivity index (χ3v) is 3.45. The molecule has 2 nitrogen and oxygen atoms in total. The highest BCUT2D eigenvalue weighted by Crippen LogP contribution is 2.45. The molecule has 2 saturated carbocycles. The summed E-state index contributed by atoms with van der Waals surface area (Å²) in [6, 6.07) is 0.386. The van der Waals surface area contributed by atoms with E-state index in [2.05, 4.69) is 17.2 Å². The number of hydrogen-bond acceptors (Lipinski definition) is 2. The van der Waals surface area contributed by atoms with E-state index in [1.54, 1.807) is 0 Å². The van der Waals surface area contributed by atoms with E-state index in [-0.39, 0.29) is 0 Å². The van der Waals surface area contributed by atoms with Gasteiger partial charge in [-0.2, -0.15) is 10.2 Å². The minimum absolute atomic E-state index is 0.386. The number of azo groups is 1. The first-order valence-corrected chi connectivity index (χ1v) is 5.58. The molecule has 2 atom stereocenters. The van der Waals surface area contributed by atoms with Crippen molar-refractivity contribution in [2.24, 2.45) is 22.1 Å². The van der Waals surface area contributed by atoms with Crippen molar-refractivity contribution in [1.29, 1.82) is 0 Å². The predicted molar refractivity (Wildman–Crippen MR) is 54.0 cm³/mol. The number of alkyl halides is 1. The van der Waals surface area contributed by atoms with Gasteiger partial charge in [-0.15, -0.1) is 0 Å². The van der Waals surface area contributed by atoms with Crippen molar-refractivity contribution in [1.82, 2.24) is 0 Å². The maximum atomic E-state index is 6.24. The normalized spacial score (nSPS) is 30.4. The zero-order valence-corrected chi connectivity index (χ0v) is 9.09. The topological polar surface area (TPSA) is 24.7 Å². The van der Waals surface area contributed by atoms with Crippen LogP contribution >= 0.6 is 11.6 Å². The van der Waals surface area contributed by atoms with Gasteiger partial charge in [-0.25, -0.2) is 0 Å². The maximum Gasteiger partial charge on any atom is 0.154 e. The molecule has 0 spiro atoms. The van der Waals surface area contributed by atoms with Gasteiger partial charge >= 0.3 is 0 Å². The highest BCUT2D eigenvalue weighted by Gasteiger charge is 2.40. The Labute approximate surface area is 84.8 Å². The number of hydrogen-bond donors (Lipinski definition) is 0. The Bertz CT molecular complexity index is 217. The van der Waals surface area contributed by atoms with E-state index < -0.39 is 5.00 Å². The molecular weight excluding hydrogens is 184 g/mol. The monoisotopic (exact) mass is 200 g/mol. The van der Waals surface area contributed by atoms with Crippen molar-refractivity contribution < 1.29 is 0 Å². The molecule has 0 amide bonds. The van der Waals surface area contributed by atoms with E-state index in [1.165, 1.54) is 25.7 Å². The standard InChI is InChI=1S/C10H17ClN2/c1-7(8-3-4-8)12-13-10(2,11)9-5-6-9/h7-9H,3-6H2,1-2H3. The number of nitrogens with zero attached hydrogens (tertiary/aromatic N) is 2. The molecule has 2 fully saturated rings. The van der Waals surface area contributed by atoms with Crippen LogP contribution in [0.1, 0.15) is 39.5 Å². The Morgan fingerprint density at radius 3 is 2.38 bits per heavy atom. The van der Waals surface area contributed by atoms with Crippen molar-refractivity contribution in [2.75, 3.05) is 0 Å². The molecule has 0 N–H and O–H groups in total. The second-order valence-corrected chi connectivity index (χ2v) is 5.36. The van der Waals surface area contributed by atoms with E-state index in [4.69, 9.17) is 11.6 Å². The van der Waals surface area contributed by atoms with Gasteiger partial charge in [-0.3, -0.25) is 0 Å². The van der Waals surface area contributed by atoms with Crippen LogP contribution in [0.3, 0.4) is 0 Å². The van der Waals surface area contributed by atoms with Gasteiger partial charge in [0.2, 0.25) is 0 Å². The fourth-order valence-corrected chi connectivity index (χ4v) is 1.83. The summed E-state index contributed by atoms with van der Waals surface area (Å²) in [6.07, 6.45) is 5.08. The third-order valence-electron chi connectivity index (χ3n) is 3.06. The molecule has 0 aromatic rings. The molecule has 0 aliphatic heterocycles. The van der Waals surface area contributed by atoms with Gasteiger partial charge < -0.3 is 0 Å². The third kappa shape index (κ3) is 2.43. The van der Waals surface area contributed by atoms with Gasteiger partial charge in [0.25, 0.3) is 0 Å². The quantitative estimate of drug-likeness (QED) is 0.376. The molecule has 2 rings (SSSR count). The summed E-state index contributed by atoms with van der Waals surface area (Å²) in [5, 5.41) is 8.58. The molecular formula is C10H17ClN2. The average molecular weight is 201 g/mol. The van der Waals surface area contributed by atoms with Crippen LogP contribution in [0.4, 0.5) is 0 Å². The van der Waals surface area contributed by atoms with Gasteiger partial charge in [-0.1, -0.05) is 11.6 Å². The molecule has 13 heavy (non-hydrogen) atoms. The Kier molecular flexibility index (Phi) is 2.35. The molecule has 2 unspecified atom stereocenters. The highest BCUT2D eigenvalue weighted by molar-refractivity contribution is 6.23. The largest absolute Gasteiger partial charge is 0.189 e. The Morgan fingerprint density at radius 2 is 1.92 bits per heavy atom. The molecule has 0 heterocycles. The first kappa shape index (κ1) is 9.45. The first-order chi connectivity index (χ1) is 6.09. The molecule has 74 valence electrons. The smallest absolute Gasteiger partial charge is 0.154 e. The van der Waals surface area contributed by atoms with Crippen LogP contribution < -0.4 is 0 Å². The summed E-state index contributed by atoms with van der Waals surface area (Å²) >= 11 is 6.24. The summed E-state index contributed by atoms with van der Waals surface area (Å²) in [7, 11) is 0. The summed E-state index contributed by atoms with van der Waals surface area (Å²) < 4.78 is 0. The SMILES string of the molecule is CC(N=NC(C)(Cl)C1CC1)C1CC1. The second kappa shape index (κ2) is 3.23. The fourth-order valence-electron chi connectivity index (χ4n) is 1.57. The van der Waals surface area contributed by atoms with E-state index >= 15 is 0 Å². The number of rotatable bonds is 4. The van der Waals surface area contributed by atoms with Crippen molar-refractivity contribution >= 4 is 11.6 Å². The minimum Gasteiger partial charge on any atom is -0.189 e. The van der Waals surface area contributed by atoms with Crippen molar-refractivity contribution in [2.45, 2.75) is 50.6 Å². The van der Waals surface area contributed by atoms with E-state index in [0.29, 0.717) is 12.0 Å². The van der Waals surface area contributed by atoms with Crippen LogP contribution in [0.25, 0.3) is 0 Å². The van der Waals surface area contributed by atoms with Gasteiger partial charge in [0.05, 0.1) is 6.04 Å². The molecule has 0 aromatic carbocycles.